The summed E-state index contributed by atoms with van der Waals surface area (Å²) in [5.41, 5.74) is 3.43. The van der Waals surface area contributed by atoms with E-state index in [2.05, 4.69) is 6.92 Å². The second kappa shape index (κ2) is 9.17. The van der Waals surface area contributed by atoms with E-state index in [1.807, 2.05) is 78.9 Å². The van der Waals surface area contributed by atoms with Gasteiger partial charge in [-0.3, -0.25) is 0 Å². The van der Waals surface area contributed by atoms with Gasteiger partial charge in [0.1, 0.15) is 0 Å². The summed E-state index contributed by atoms with van der Waals surface area (Å²) in [5.74, 6) is 0.0832. The van der Waals surface area contributed by atoms with Crippen molar-refractivity contribution in [1.82, 2.24) is 0 Å². The molecule has 22 heavy (non-hydrogen) atoms. The molecule has 106 valence electrons. The Morgan fingerprint density at radius 1 is 0.591 bits per heavy atom. The van der Waals surface area contributed by atoms with Crippen molar-refractivity contribution in [3.05, 3.63) is 85.8 Å². The minimum Gasteiger partial charge on any atom is -0.872 e. The summed E-state index contributed by atoms with van der Waals surface area (Å²) in [6.07, 6.45) is 0. The van der Waals surface area contributed by atoms with Gasteiger partial charge >= 0.3 is 19.5 Å². The van der Waals surface area contributed by atoms with Gasteiger partial charge in [-0.2, -0.15) is 6.92 Å². The second-order valence-corrected chi connectivity index (χ2v) is 4.41. The van der Waals surface area contributed by atoms with Gasteiger partial charge in [0.25, 0.3) is 0 Å². The van der Waals surface area contributed by atoms with Crippen molar-refractivity contribution in [3.63, 3.8) is 0 Å². The molecule has 0 radical (unpaired) electrons. The van der Waals surface area contributed by atoms with Crippen molar-refractivity contribution in [1.29, 1.82) is 0 Å². The van der Waals surface area contributed by atoms with Gasteiger partial charge in [-0.1, -0.05) is 84.6 Å². The molecule has 0 unspecified atom stereocenters. The molecular weight excluding hydrogens is 322 g/mol. The molecule has 0 spiro atoms. The van der Waals surface area contributed by atoms with E-state index in [1.165, 1.54) is 0 Å². The summed E-state index contributed by atoms with van der Waals surface area (Å²) >= 11 is 0. The zero-order chi connectivity index (χ0) is 15.1. The molecule has 0 aliphatic rings. The molecule has 0 fully saturated rings. The summed E-state index contributed by atoms with van der Waals surface area (Å²) in [5, 5.41) is 12.6. The van der Waals surface area contributed by atoms with Crippen LogP contribution in [0.2, 0.25) is 0 Å². The summed E-state index contributed by atoms with van der Waals surface area (Å²) in [6.45, 7) is 5.00. The Morgan fingerprint density at radius 2 is 0.955 bits per heavy atom. The molecular formula is C20H18OZn. The van der Waals surface area contributed by atoms with Gasteiger partial charge in [0.2, 0.25) is 0 Å². The van der Waals surface area contributed by atoms with Crippen LogP contribution in [0.5, 0.6) is 5.75 Å². The molecule has 0 N–H and O–H groups in total. The number of para-hydroxylation sites is 1. The van der Waals surface area contributed by atoms with E-state index in [0.717, 1.165) is 22.3 Å². The average molecular weight is 340 g/mol. The molecule has 2 heteroatoms. The Balaban J connectivity index is 0.000000775. The molecule has 0 bridgehead atoms. The molecule has 0 amide bonds. The zero-order valence-corrected chi connectivity index (χ0v) is 15.8. The third kappa shape index (κ3) is 4.05. The summed E-state index contributed by atoms with van der Waals surface area (Å²) < 4.78 is 0. The fourth-order valence-corrected chi connectivity index (χ4v) is 2.23. The molecule has 0 saturated heterocycles. The molecule has 3 rings (SSSR count). The van der Waals surface area contributed by atoms with Gasteiger partial charge in [0.15, 0.2) is 0 Å². The topological polar surface area (TPSA) is 23.1 Å². The monoisotopic (exact) mass is 338 g/mol. The van der Waals surface area contributed by atoms with E-state index in [1.54, 1.807) is 6.92 Å². The molecule has 3 aromatic rings. The predicted octanol–water partition coefficient (Wildman–Crippen LogP) is 4.93. The van der Waals surface area contributed by atoms with E-state index in [9.17, 15) is 5.11 Å². The first-order chi connectivity index (χ1) is 10.4. The average Bonchev–Trinajstić information content (AvgIpc) is 2.58. The maximum Gasteiger partial charge on any atom is 2.00 e. The number of hydrogen-bond acceptors (Lipinski definition) is 1. The third-order valence-corrected chi connectivity index (χ3v) is 3.18. The van der Waals surface area contributed by atoms with Crippen LogP contribution in [0.15, 0.2) is 78.9 Å². The fraction of sp³-hybridized carbons (Fsp3) is 0.0500. The van der Waals surface area contributed by atoms with Crippen LogP contribution in [0.4, 0.5) is 0 Å². The van der Waals surface area contributed by atoms with Gasteiger partial charge in [-0.25, -0.2) is 0 Å². The van der Waals surface area contributed by atoms with Crippen molar-refractivity contribution in [2.24, 2.45) is 0 Å². The van der Waals surface area contributed by atoms with Crippen LogP contribution in [0.3, 0.4) is 0 Å². The van der Waals surface area contributed by atoms with Crippen LogP contribution in [0, 0.1) is 6.92 Å². The SMILES string of the molecule is [CH2-]C.[O-]c1c(-c2ccccc2)cccc1-c1ccccc1.[Zn+2]. The Labute approximate surface area is 145 Å². The summed E-state index contributed by atoms with van der Waals surface area (Å²) in [6, 6.07) is 25.3. The quantitative estimate of drug-likeness (QED) is 0.479. The molecule has 0 atom stereocenters. The third-order valence-electron chi connectivity index (χ3n) is 3.18. The fourth-order valence-electron chi connectivity index (χ4n) is 2.23. The van der Waals surface area contributed by atoms with Gasteiger partial charge in [-0.05, 0) is 22.3 Å². The second-order valence-electron chi connectivity index (χ2n) is 4.41. The standard InChI is InChI=1S/C18H14O.C2H5.Zn/c19-18-16(14-8-3-1-4-9-14)12-7-13-17(18)15-10-5-2-6-11-15;1-2;/h1-13,19H;1H2,2H3;/q;-1;+2/p-1. The predicted molar refractivity (Wildman–Crippen MR) is 87.8 cm³/mol. The van der Waals surface area contributed by atoms with Crippen LogP contribution in [0.1, 0.15) is 6.92 Å². The number of hydrogen-bond donors (Lipinski definition) is 0. The first-order valence-corrected chi connectivity index (χ1v) is 6.98. The maximum absolute atomic E-state index is 12.6. The molecule has 0 saturated carbocycles. The van der Waals surface area contributed by atoms with Crippen LogP contribution < -0.4 is 5.11 Å². The first-order valence-electron chi connectivity index (χ1n) is 6.98. The van der Waals surface area contributed by atoms with Crippen LogP contribution in [0.25, 0.3) is 22.3 Å². The Hall–Kier alpha value is -1.92. The molecule has 0 aromatic heterocycles. The van der Waals surface area contributed by atoms with Gasteiger partial charge in [0, 0.05) is 0 Å². The van der Waals surface area contributed by atoms with Crippen molar-refractivity contribution >= 4 is 0 Å². The zero-order valence-electron chi connectivity index (χ0n) is 12.8. The van der Waals surface area contributed by atoms with Crippen molar-refractivity contribution in [2.45, 2.75) is 6.92 Å². The van der Waals surface area contributed by atoms with Gasteiger partial charge in [0.05, 0.1) is 0 Å². The largest absolute Gasteiger partial charge is 2.00 e. The minimum absolute atomic E-state index is 0. The molecule has 0 aliphatic carbocycles. The molecule has 0 aliphatic heterocycles. The van der Waals surface area contributed by atoms with Crippen molar-refractivity contribution in [3.8, 4) is 28.0 Å². The maximum atomic E-state index is 12.6. The minimum atomic E-state index is 0. The first kappa shape index (κ1) is 18.1. The van der Waals surface area contributed by atoms with E-state index in [-0.39, 0.29) is 25.2 Å². The summed E-state index contributed by atoms with van der Waals surface area (Å²) in [4.78, 5) is 0. The Kier molecular flexibility index (Phi) is 7.56. The van der Waals surface area contributed by atoms with E-state index >= 15 is 0 Å². The van der Waals surface area contributed by atoms with Gasteiger partial charge < -0.3 is 12.0 Å². The molecule has 1 nitrogen and oxygen atoms in total. The summed E-state index contributed by atoms with van der Waals surface area (Å²) in [7, 11) is 0. The van der Waals surface area contributed by atoms with E-state index in [0.29, 0.717) is 0 Å². The van der Waals surface area contributed by atoms with Crippen molar-refractivity contribution < 1.29 is 24.6 Å². The smallest absolute Gasteiger partial charge is 0.872 e. The molecule has 3 aromatic carbocycles. The van der Waals surface area contributed by atoms with Crippen LogP contribution >= 0.6 is 0 Å². The number of benzene rings is 3. The van der Waals surface area contributed by atoms with E-state index in [4.69, 9.17) is 0 Å². The molecule has 0 heterocycles. The van der Waals surface area contributed by atoms with E-state index < -0.39 is 0 Å². The Bertz CT molecular complexity index is 621. The Morgan fingerprint density at radius 3 is 1.32 bits per heavy atom. The van der Waals surface area contributed by atoms with Crippen LogP contribution in [-0.2, 0) is 19.5 Å². The van der Waals surface area contributed by atoms with Crippen LogP contribution in [-0.4, -0.2) is 0 Å². The normalized spacial score (nSPS) is 9.18. The van der Waals surface area contributed by atoms with Gasteiger partial charge in [-0.15, -0.1) is 0 Å². The van der Waals surface area contributed by atoms with Crippen molar-refractivity contribution in [2.75, 3.05) is 0 Å². The number of rotatable bonds is 2.